The van der Waals surface area contributed by atoms with Crippen LogP contribution < -0.4 is 21.1 Å². The van der Waals surface area contributed by atoms with Gasteiger partial charge in [-0.3, -0.25) is 14.4 Å². The molecule has 0 aromatic heterocycles. The second-order valence-electron chi connectivity index (χ2n) is 8.67. The summed E-state index contributed by atoms with van der Waals surface area (Å²) in [6.45, 7) is 0.759. The topological polar surface area (TPSA) is 114 Å². The third kappa shape index (κ3) is 6.70. The SMILES string of the molecule is NCc1cccc(NC(=O)CN2CCCCC(NC(=O)c3ccc(Oc4ccccc4)cc3)C2=O)c1. The highest BCUT2D eigenvalue weighted by Crippen LogP contribution is 2.21. The highest BCUT2D eigenvalue weighted by Gasteiger charge is 2.29. The quantitative estimate of drug-likeness (QED) is 0.449. The number of carbonyl (C=O) groups is 3. The van der Waals surface area contributed by atoms with Gasteiger partial charge in [-0.15, -0.1) is 0 Å². The van der Waals surface area contributed by atoms with Crippen molar-refractivity contribution >= 4 is 23.4 Å². The van der Waals surface area contributed by atoms with Crippen molar-refractivity contribution in [1.29, 1.82) is 0 Å². The maximum atomic E-state index is 13.2. The summed E-state index contributed by atoms with van der Waals surface area (Å²) in [4.78, 5) is 40.1. The molecule has 1 saturated heterocycles. The summed E-state index contributed by atoms with van der Waals surface area (Å²) in [5.41, 5.74) is 7.63. The van der Waals surface area contributed by atoms with Crippen LogP contribution >= 0.6 is 0 Å². The van der Waals surface area contributed by atoms with Gasteiger partial charge >= 0.3 is 0 Å². The number of likely N-dealkylation sites (tertiary alicyclic amines) is 1. The van der Waals surface area contributed by atoms with E-state index in [0.717, 1.165) is 18.4 Å². The molecular formula is C28H30N4O4. The predicted octanol–water partition coefficient (Wildman–Crippen LogP) is 3.69. The van der Waals surface area contributed by atoms with Gasteiger partial charge in [0.15, 0.2) is 0 Å². The number of benzene rings is 3. The summed E-state index contributed by atoms with van der Waals surface area (Å²) in [5, 5.41) is 5.67. The Bertz CT molecular complexity index is 1200. The fourth-order valence-electron chi connectivity index (χ4n) is 4.09. The zero-order chi connectivity index (χ0) is 25.3. The number of rotatable bonds is 8. The number of para-hydroxylation sites is 1. The lowest BCUT2D eigenvalue weighted by atomic mass is 10.1. The minimum atomic E-state index is -0.686. The number of hydrogen-bond donors (Lipinski definition) is 3. The molecular weight excluding hydrogens is 456 g/mol. The Labute approximate surface area is 210 Å². The van der Waals surface area contributed by atoms with Crippen LogP contribution in [0.4, 0.5) is 5.69 Å². The second kappa shape index (κ2) is 12.0. The van der Waals surface area contributed by atoms with E-state index in [-0.39, 0.29) is 24.3 Å². The Hall–Kier alpha value is -4.17. The summed E-state index contributed by atoms with van der Waals surface area (Å²) in [6, 6.07) is 22.7. The van der Waals surface area contributed by atoms with Gasteiger partial charge < -0.3 is 26.0 Å². The number of nitrogens with two attached hydrogens (primary N) is 1. The van der Waals surface area contributed by atoms with Gasteiger partial charge in [0.1, 0.15) is 17.5 Å². The van der Waals surface area contributed by atoms with Crippen molar-refractivity contribution in [2.75, 3.05) is 18.4 Å². The lowest BCUT2D eigenvalue weighted by Crippen LogP contribution is -2.49. The molecule has 36 heavy (non-hydrogen) atoms. The average Bonchev–Trinajstić information content (AvgIpc) is 3.06. The van der Waals surface area contributed by atoms with Gasteiger partial charge in [-0.25, -0.2) is 0 Å². The highest BCUT2D eigenvalue weighted by atomic mass is 16.5. The molecule has 3 amide bonds. The van der Waals surface area contributed by atoms with Crippen LogP contribution in [0.25, 0.3) is 0 Å². The van der Waals surface area contributed by atoms with Crippen molar-refractivity contribution in [3.63, 3.8) is 0 Å². The number of carbonyl (C=O) groups excluding carboxylic acids is 3. The molecule has 0 aliphatic carbocycles. The van der Waals surface area contributed by atoms with Crippen molar-refractivity contribution < 1.29 is 19.1 Å². The number of hydrogen-bond acceptors (Lipinski definition) is 5. The fraction of sp³-hybridized carbons (Fsp3) is 0.250. The maximum Gasteiger partial charge on any atom is 0.251 e. The van der Waals surface area contributed by atoms with Crippen LogP contribution in [0.3, 0.4) is 0 Å². The van der Waals surface area contributed by atoms with E-state index in [1.54, 1.807) is 36.4 Å². The molecule has 0 radical (unpaired) electrons. The molecule has 0 saturated carbocycles. The molecule has 3 aromatic carbocycles. The van der Waals surface area contributed by atoms with Gasteiger partial charge in [-0.1, -0.05) is 30.3 Å². The Morgan fingerprint density at radius 2 is 1.69 bits per heavy atom. The first kappa shape index (κ1) is 24.9. The number of nitrogens with zero attached hydrogens (tertiary/aromatic N) is 1. The van der Waals surface area contributed by atoms with Crippen LogP contribution in [0.5, 0.6) is 11.5 Å². The third-order valence-electron chi connectivity index (χ3n) is 5.96. The van der Waals surface area contributed by atoms with E-state index in [9.17, 15) is 14.4 Å². The smallest absolute Gasteiger partial charge is 0.251 e. The molecule has 186 valence electrons. The van der Waals surface area contributed by atoms with Crippen molar-refractivity contribution in [2.45, 2.75) is 31.8 Å². The van der Waals surface area contributed by atoms with Crippen molar-refractivity contribution in [3.8, 4) is 11.5 Å². The standard InChI is InChI=1S/C28H30N4O4/c29-18-20-7-6-8-22(17-20)30-26(33)19-32-16-5-4-11-25(28(32)35)31-27(34)21-12-14-24(15-13-21)36-23-9-2-1-3-10-23/h1-3,6-10,12-15,17,25H,4-5,11,16,18-19,29H2,(H,30,33)(H,31,34). The molecule has 0 spiro atoms. The minimum Gasteiger partial charge on any atom is -0.457 e. The van der Waals surface area contributed by atoms with Gasteiger partial charge in [-0.05, 0) is 73.4 Å². The normalized spacial score (nSPS) is 15.6. The highest BCUT2D eigenvalue weighted by molar-refractivity contribution is 5.99. The number of amides is 3. The van der Waals surface area contributed by atoms with Gasteiger partial charge in [0, 0.05) is 24.3 Å². The lowest BCUT2D eigenvalue weighted by molar-refractivity contribution is -0.135. The van der Waals surface area contributed by atoms with Crippen LogP contribution in [0.2, 0.25) is 0 Å². The number of ether oxygens (including phenoxy) is 1. The predicted molar refractivity (Wildman–Crippen MR) is 138 cm³/mol. The first-order valence-electron chi connectivity index (χ1n) is 12.0. The van der Waals surface area contributed by atoms with E-state index in [1.807, 2.05) is 42.5 Å². The van der Waals surface area contributed by atoms with Crippen molar-refractivity contribution in [3.05, 3.63) is 90.0 Å². The van der Waals surface area contributed by atoms with E-state index < -0.39 is 6.04 Å². The Morgan fingerprint density at radius 1 is 0.944 bits per heavy atom. The molecule has 4 rings (SSSR count). The molecule has 1 fully saturated rings. The van der Waals surface area contributed by atoms with E-state index in [0.29, 0.717) is 42.3 Å². The number of anilines is 1. The number of nitrogens with one attached hydrogen (secondary N) is 2. The minimum absolute atomic E-state index is 0.0798. The summed E-state index contributed by atoms with van der Waals surface area (Å²) < 4.78 is 5.77. The van der Waals surface area contributed by atoms with Gasteiger partial charge in [0.25, 0.3) is 5.91 Å². The summed E-state index contributed by atoms with van der Waals surface area (Å²) >= 11 is 0. The third-order valence-corrected chi connectivity index (χ3v) is 5.96. The zero-order valence-corrected chi connectivity index (χ0v) is 20.0. The molecule has 1 atom stereocenters. The summed E-state index contributed by atoms with van der Waals surface area (Å²) in [6.07, 6.45) is 2.06. The first-order valence-corrected chi connectivity index (χ1v) is 12.0. The average molecular weight is 487 g/mol. The molecule has 3 aromatic rings. The first-order chi connectivity index (χ1) is 17.5. The van der Waals surface area contributed by atoms with E-state index in [4.69, 9.17) is 10.5 Å². The largest absolute Gasteiger partial charge is 0.457 e. The van der Waals surface area contributed by atoms with E-state index in [1.165, 1.54) is 4.90 Å². The van der Waals surface area contributed by atoms with Gasteiger partial charge in [0.2, 0.25) is 11.8 Å². The summed E-state index contributed by atoms with van der Waals surface area (Å²) in [7, 11) is 0. The lowest BCUT2D eigenvalue weighted by Gasteiger charge is -2.24. The molecule has 1 heterocycles. The van der Waals surface area contributed by atoms with Crippen molar-refractivity contribution in [2.24, 2.45) is 5.73 Å². The molecule has 8 heteroatoms. The van der Waals surface area contributed by atoms with Crippen LogP contribution in [-0.2, 0) is 16.1 Å². The van der Waals surface area contributed by atoms with Crippen LogP contribution in [0.1, 0.15) is 35.2 Å². The molecule has 4 N–H and O–H groups in total. The Balaban J connectivity index is 1.34. The van der Waals surface area contributed by atoms with E-state index in [2.05, 4.69) is 10.6 Å². The van der Waals surface area contributed by atoms with Crippen LogP contribution in [0.15, 0.2) is 78.9 Å². The second-order valence-corrected chi connectivity index (χ2v) is 8.67. The fourth-order valence-corrected chi connectivity index (χ4v) is 4.09. The van der Waals surface area contributed by atoms with Gasteiger partial charge in [-0.2, -0.15) is 0 Å². The molecule has 8 nitrogen and oxygen atoms in total. The monoisotopic (exact) mass is 486 g/mol. The molecule has 1 aliphatic heterocycles. The molecule has 0 bridgehead atoms. The van der Waals surface area contributed by atoms with Gasteiger partial charge in [0.05, 0.1) is 6.54 Å². The maximum absolute atomic E-state index is 13.2. The van der Waals surface area contributed by atoms with E-state index >= 15 is 0 Å². The molecule has 1 aliphatic rings. The summed E-state index contributed by atoms with van der Waals surface area (Å²) in [5.74, 6) is 0.422. The Kier molecular flexibility index (Phi) is 8.31. The Morgan fingerprint density at radius 3 is 2.44 bits per heavy atom. The van der Waals surface area contributed by atoms with Crippen LogP contribution in [0, 0.1) is 0 Å². The van der Waals surface area contributed by atoms with Crippen LogP contribution in [-0.4, -0.2) is 41.8 Å². The molecule has 1 unspecified atom stereocenters. The zero-order valence-electron chi connectivity index (χ0n) is 20.0. The van der Waals surface area contributed by atoms with Crippen molar-refractivity contribution in [1.82, 2.24) is 10.2 Å².